The fourth-order valence-electron chi connectivity index (χ4n) is 3.19. The lowest BCUT2D eigenvalue weighted by Crippen LogP contribution is -2.47. The van der Waals surface area contributed by atoms with Crippen LogP contribution in [0.4, 0.5) is 0 Å². The summed E-state index contributed by atoms with van der Waals surface area (Å²) in [4.78, 5) is 14.9. The van der Waals surface area contributed by atoms with Crippen LogP contribution in [-0.2, 0) is 10.0 Å². The van der Waals surface area contributed by atoms with E-state index in [9.17, 15) is 13.2 Å². The number of amides is 1. The second-order valence-electron chi connectivity index (χ2n) is 7.34. The Hall–Kier alpha value is -2.22. The Morgan fingerprint density at radius 1 is 1.04 bits per heavy atom. The Kier molecular flexibility index (Phi) is 6.17. The maximum absolute atomic E-state index is 12.9. The first-order valence-corrected chi connectivity index (χ1v) is 10.9. The van der Waals surface area contributed by atoms with E-state index in [-0.39, 0.29) is 16.8 Å². The molecule has 2 aromatic rings. The van der Waals surface area contributed by atoms with Crippen molar-refractivity contribution in [2.45, 2.75) is 24.8 Å². The van der Waals surface area contributed by atoms with Crippen LogP contribution in [-0.4, -0.2) is 56.8 Å². The molecule has 7 heteroatoms. The summed E-state index contributed by atoms with van der Waals surface area (Å²) in [6.45, 7) is 6.24. The average Bonchev–Trinajstić information content (AvgIpc) is 2.69. The number of benzene rings is 2. The molecule has 28 heavy (non-hydrogen) atoms. The van der Waals surface area contributed by atoms with Gasteiger partial charge in [-0.25, -0.2) is 8.42 Å². The highest BCUT2D eigenvalue weighted by molar-refractivity contribution is 7.89. The third-order valence-electron chi connectivity index (χ3n) is 5.12. The Balaban J connectivity index is 1.75. The molecular weight excluding hydrogens is 374 g/mol. The van der Waals surface area contributed by atoms with Gasteiger partial charge in [0.25, 0.3) is 5.91 Å². The quantitative estimate of drug-likeness (QED) is 0.835. The van der Waals surface area contributed by atoms with Gasteiger partial charge in [0.1, 0.15) is 0 Å². The normalized spacial score (nSPS) is 17.2. The van der Waals surface area contributed by atoms with E-state index in [1.165, 1.54) is 10.4 Å². The zero-order valence-electron chi connectivity index (χ0n) is 16.6. The summed E-state index contributed by atoms with van der Waals surface area (Å²) in [7, 11) is -1.62. The average molecular weight is 402 g/mol. The van der Waals surface area contributed by atoms with E-state index < -0.39 is 10.0 Å². The Morgan fingerprint density at radius 3 is 2.32 bits per heavy atom. The van der Waals surface area contributed by atoms with Gasteiger partial charge in [0, 0.05) is 31.7 Å². The van der Waals surface area contributed by atoms with E-state index in [0.29, 0.717) is 31.7 Å². The van der Waals surface area contributed by atoms with Crippen molar-refractivity contribution in [1.82, 2.24) is 14.5 Å². The number of nitrogens with one attached hydrogen (secondary N) is 1. The van der Waals surface area contributed by atoms with Crippen LogP contribution in [0.2, 0.25) is 0 Å². The first kappa shape index (κ1) is 20.5. The third-order valence-corrected chi connectivity index (χ3v) is 7.02. The van der Waals surface area contributed by atoms with Gasteiger partial charge in [0.2, 0.25) is 10.0 Å². The molecule has 2 aromatic carbocycles. The molecule has 6 nitrogen and oxygen atoms in total. The van der Waals surface area contributed by atoms with Crippen molar-refractivity contribution in [3.05, 3.63) is 65.2 Å². The number of carbonyl (C=O) groups is 1. The number of sulfonamides is 1. The Labute approximate surface area is 167 Å². The minimum absolute atomic E-state index is 0.160. The Morgan fingerprint density at radius 2 is 1.68 bits per heavy atom. The van der Waals surface area contributed by atoms with E-state index in [0.717, 1.165) is 11.1 Å². The zero-order valence-corrected chi connectivity index (χ0v) is 17.4. The molecule has 1 fully saturated rings. The summed E-state index contributed by atoms with van der Waals surface area (Å²) >= 11 is 0. The molecule has 1 saturated heterocycles. The lowest BCUT2D eigenvalue weighted by atomic mass is 10.1. The second kappa shape index (κ2) is 8.43. The molecule has 0 radical (unpaired) electrons. The fourth-order valence-corrected chi connectivity index (χ4v) is 4.66. The number of piperazine rings is 1. The van der Waals surface area contributed by atoms with Crippen molar-refractivity contribution in [3.63, 3.8) is 0 Å². The van der Waals surface area contributed by atoms with Crippen LogP contribution >= 0.6 is 0 Å². The first-order valence-electron chi connectivity index (χ1n) is 9.43. The smallest absolute Gasteiger partial charge is 0.251 e. The summed E-state index contributed by atoms with van der Waals surface area (Å²) < 4.78 is 27.3. The minimum atomic E-state index is -3.60. The molecule has 0 saturated carbocycles. The predicted molar refractivity (Wildman–Crippen MR) is 110 cm³/mol. The summed E-state index contributed by atoms with van der Waals surface area (Å²) in [5, 5.41) is 2.94. The van der Waals surface area contributed by atoms with Gasteiger partial charge in [-0.1, -0.05) is 35.9 Å². The maximum Gasteiger partial charge on any atom is 0.251 e. The van der Waals surface area contributed by atoms with Gasteiger partial charge in [-0.2, -0.15) is 4.31 Å². The van der Waals surface area contributed by atoms with Crippen LogP contribution < -0.4 is 5.32 Å². The Bertz CT molecular complexity index is 934. The van der Waals surface area contributed by atoms with E-state index in [1.54, 1.807) is 18.2 Å². The van der Waals surface area contributed by atoms with Crippen molar-refractivity contribution in [3.8, 4) is 0 Å². The molecule has 3 rings (SSSR count). The van der Waals surface area contributed by atoms with Crippen LogP contribution in [0, 0.1) is 6.92 Å². The van der Waals surface area contributed by atoms with Gasteiger partial charge >= 0.3 is 0 Å². The summed E-state index contributed by atoms with van der Waals surface area (Å²) in [5.74, 6) is -0.288. The lowest BCUT2D eigenvalue weighted by molar-refractivity contribution is 0.0939. The van der Waals surface area contributed by atoms with E-state index in [1.807, 2.05) is 45.2 Å². The molecular formula is C21H27N3O3S. The molecule has 1 aliphatic heterocycles. The highest BCUT2D eigenvalue weighted by Gasteiger charge is 2.28. The van der Waals surface area contributed by atoms with Crippen LogP contribution in [0.3, 0.4) is 0 Å². The number of hydrogen-bond donors (Lipinski definition) is 1. The summed E-state index contributed by atoms with van der Waals surface area (Å²) in [5.41, 5.74) is 2.50. The second-order valence-corrected chi connectivity index (χ2v) is 9.28. The molecule has 1 heterocycles. The summed E-state index contributed by atoms with van der Waals surface area (Å²) in [6, 6.07) is 14.1. The fraction of sp³-hybridized carbons (Fsp3) is 0.381. The van der Waals surface area contributed by atoms with Gasteiger partial charge in [-0.3, -0.25) is 4.79 Å². The standard InChI is InChI=1S/C21H27N3O3S/c1-16-7-9-18(10-8-16)17(2)22-21(25)19-5-4-6-20(15-19)28(26,27)24-13-11-23(3)12-14-24/h4-10,15,17H,11-14H2,1-3H3,(H,22,25)/t17-/m0/s1. The number of carbonyl (C=O) groups excluding carboxylic acids is 1. The molecule has 1 aliphatic rings. The molecule has 1 N–H and O–H groups in total. The number of aryl methyl sites for hydroxylation is 1. The van der Waals surface area contributed by atoms with E-state index >= 15 is 0 Å². The van der Waals surface area contributed by atoms with Gasteiger partial charge in [0.15, 0.2) is 0 Å². The molecule has 0 aliphatic carbocycles. The number of likely N-dealkylation sites (N-methyl/N-ethyl adjacent to an activating group) is 1. The van der Waals surface area contributed by atoms with Crippen molar-refractivity contribution < 1.29 is 13.2 Å². The maximum atomic E-state index is 12.9. The highest BCUT2D eigenvalue weighted by Crippen LogP contribution is 2.20. The van der Waals surface area contributed by atoms with Crippen molar-refractivity contribution in [1.29, 1.82) is 0 Å². The summed E-state index contributed by atoms with van der Waals surface area (Å²) in [6.07, 6.45) is 0. The van der Waals surface area contributed by atoms with Gasteiger partial charge in [0.05, 0.1) is 10.9 Å². The topological polar surface area (TPSA) is 69.7 Å². The van der Waals surface area contributed by atoms with Crippen molar-refractivity contribution >= 4 is 15.9 Å². The number of nitrogens with zero attached hydrogens (tertiary/aromatic N) is 2. The highest BCUT2D eigenvalue weighted by atomic mass is 32.2. The molecule has 1 amide bonds. The minimum Gasteiger partial charge on any atom is -0.346 e. The van der Waals surface area contributed by atoms with Crippen LogP contribution in [0.25, 0.3) is 0 Å². The largest absolute Gasteiger partial charge is 0.346 e. The molecule has 0 unspecified atom stereocenters. The molecule has 0 aromatic heterocycles. The van der Waals surface area contributed by atoms with Crippen LogP contribution in [0.1, 0.15) is 34.5 Å². The molecule has 0 spiro atoms. The van der Waals surface area contributed by atoms with Gasteiger partial charge in [-0.05, 0) is 44.7 Å². The van der Waals surface area contributed by atoms with Crippen LogP contribution in [0.5, 0.6) is 0 Å². The third kappa shape index (κ3) is 4.60. The van der Waals surface area contributed by atoms with Crippen LogP contribution in [0.15, 0.2) is 53.4 Å². The van der Waals surface area contributed by atoms with E-state index in [4.69, 9.17) is 0 Å². The lowest BCUT2D eigenvalue weighted by Gasteiger charge is -2.31. The monoisotopic (exact) mass is 401 g/mol. The van der Waals surface area contributed by atoms with Gasteiger partial charge < -0.3 is 10.2 Å². The predicted octanol–water partition coefficient (Wildman–Crippen LogP) is 2.42. The molecule has 0 bridgehead atoms. The molecule has 150 valence electrons. The van der Waals surface area contributed by atoms with Gasteiger partial charge in [-0.15, -0.1) is 0 Å². The SMILES string of the molecule is Cc1ccc([C@H](C)NC(=O)c2cccc(S(=O)(=O)N3CCN(C)CC3)c2)cc1. The van der Waals surface area contributed by atoms with Crippen molar-refractivity contribution in [2.24, 2.45) is 0 Å². The van der Waals surface area contributed by atoms with Crippen molar-refractivity contribution in [2.75, 3.05) is 33.2 Å². The number of rotatable bonds is 5. The number of hydrogen-bond acceptors (Lipinski definition) is 4. The van der Waals surface area contributed by atoms with E-state index in [2.05, 4.69) is 10.2 Å². The first-order chi connectivity index (χ1) is 13.3. The molecule has 1 atom stereocenters. The zero-order chi connectivity index (χ0) is 20.3.